The molecule has 0 N–H and O–H groups in total. The van der Waals surface area contributed by atoms with Crippen LogP contribution < -0.4 is 0 Å². The van der Waals surface area contributed by atoms with E-state index in [4.69, 9.17) is 4.52 Å². The van der Waals surface area contributed by atoms with Crippen LogP contribution in [0.3, 0.4) is 0 Å². The molecule has 1 heterocycles. The van der Waals surface area contributed by atoms with Crippen molar-refractivity contribution in [2.45, 2.75) is 58.8 Å². The van der Waals surface area contributed by atoms with Crippen molar-refractivity contribution in [2.75, 3.05) is 0 Å². The van der Waals surface area contributed by atoms with Gasteiger partial charge in [-0.3, -0.25) is 4.79 Å². The largest absolute Gasteiger partial charge is 0.339 e. The maximum absolute atomic E-state index is 11.0. The summed E-state index contributed by atoms with van der Waals surface area (Å²) in [5.41, 5.74) is 0.447. The molecule has 0 saturated heterocycles. The fourth-order valence-corrected chi connectivity index (χ4v) is 2.38. The smallest absolute Gasteiger partial charge is 0.234 e. The lowest BCUT2D eigenvalue weighted by Gasteiger charge is -2.32. The van der Waals surface area contributed by atoms with E-state index >= 15 is 0 Å². The van der Waals surface area contributed by atoms with Gasteiger partial charge in [-0.1, -0.05) is 19.0 Å². The Hall–Kier alpha value is -1.19. The van der Waals surface area contributed by atoms with Gasteiger partial charge in [-0.05, 0) is 38.0 Å². The molecule has 94 valence electrons. The van der Waals surface area contributed by atoms with Crippen LogP contribution in [-0.4, -0.2) is 15.9 Å². The molecule has 2 rings (SSSR count). The van der Waals surface area contributed by atoms with Crippen molar-refractivity contribution in [1.82, 2.24) is 10.1 Å². The van der Waals surface area contributed by atoms with Crippen molar-refractivity contribution in [3.8, 4) is 0 Å². The van der Waals surface area contributed by atoms with E-state index in [-0.39, 0.29) is 12.2 Å². The molecule has 17 heavy (non-hydrogen) atoms. The van der Waals surface area contributed by atoms with Crippen LogP contribution in [0.2, 0.25) is 0 Å². The summed E-state index contributed by atoms with van der Waals surface area (Å²) in [6.07, 6.45) is 4.89. The molecule has 1 saturated carbocycles. The zero-order chi connectivity index (χ0) is 12.5. The minimum Gasteiger partial charge on any atom is -0.339 e. The summed E-state index contributed by atoms with van der Waals surface area (Å²) in [6.45, 7) is 6.15. The van der Waals surface area contributed by atoms with Crippen LogP contribution in [-0.2, 0) is 11.2 Å². The van der Waals surface area contributed by atoms with Crippen molar-refractivity contribution in [3.05, 3.63) is 11.7 Å². The molecule has 4 nitrogen and oxygen atoms in total. The summed E-state index contributed by atoms with van der Waals surface area (Å²) in [6, 6.07) is 0. The predicted molar refractivity (Wildman–Crippen MR) is 63.7 cm³/mol. The number of ketones is 1. The molecule has 0 atom stereocenters. The van der Waals surface area contributed by atoms with E-state index in [1.165, 1.54) is 19.8 Å². The Balaban J connectivity index is 1.99. The van der Waals surface area contributed by atoms with Crippen molar-refractivity contribution in [2.24, 2.45) is 5.41 Å². The second kappa shape index (κ2) is 4.59. The molecule has 1 aromatic rings. The van der Waals surface area contributed by atoms with Gasteiger partial charge >= 0.3 is 0 Å². The average molecular weight is 236 g/mol. The molecule has 1 aliphatic rings. The summed E-state index contributed by atoms with van der Waals surface area (Å²) in [7, 11) is 0. The van der Waals surface area contributed by atoms with Crippen LogP contribution in [0.25, 0.3) is 0 Å². The highest BCUT2D eigenvalue weighted by Crippen LogP contribution is 2.41. The molecule has 0 unspecified atom stereocenters. The normalized spacial score (nSPS) is 20.4. The van der Waals surface area contributed by atoms with Crippen LogP contribution >= 0.6 is 0 Å². The molecule has 0 bridgehead atoms. The van der Waals surface area contributed by atoms with Crippen molar-refractivity contribution < 1.29 is 9.32 Å². The molecule has 0 spiro atoms. The maximum atomic E-state index is 11.0. The fraction of sp³-hybridized carbons (Fsp3) is 0.769. The van der Waals surface area contributed by atoms with Crippen molar-refractivity contribution >= 4 is 5.78 Å². The zero-order valence-corrected chi connectivity index (χ0v) is 10.8. The van der Waals surface area contributed by atoms with Crippen LogP contribution in [0.4, 0.5) is 0 Å². The summed E-state index contributed by atoms with van der Waals surface area (Å²) in [4.78, 5) is 15.3. The summed E-state index contributed by atoms with van der Waals surface area (Å²) in [5, 5.41) is 4.00. The highest BCUT2D eigenvalue weighted by atomic mass is 16.5. The van der Waals surface area contributed by atoms with Gasteiger partial charge in [0.2, 0.25) is 5.89 Å². The summed E-state index contributed by atoms with van der Waals surface area (Å²) in [5.74, 6) is 1.71. The Morgan fingerprint density at radius 2 is 2.06 bits per heavy atom. The Morgan fingerprint density at radius 1 is 1.41 bits per heavy atom. The van der Waals surface area contributed by atoms with Crippen LogP contribution in [0, 0.1) is 5.41 Å². The second-order valence-corrected chi connectivity index (χ2v) is 5.86. The average Bonchev–Trinajstić information content (AvgIpc) is 2.65. The van der Waals surface area contributed by atoms with Crippen LogP contribution in [0.5, 0.6) is 0 Å². The van der Waals surface area contributed by atoms with Gasteiger partial charge in [0.25, 0.3) is 0 Å². The van der Waals surface area contributed by atoms with E-state index < -0.39 is 0 Å². The first-order valence-corrected chi connectivity index (χ1v) is 6.28. The molecule has 4 heteroatoms. The minimum atomic E-state index is 0.0602. The van der Waals surface area contributed by atoms with Gasteiger partial charge < -0.3 is 4.52 Å². The van der Waals surface area contributed by atoms with E-state index in [0.29, 0.717) is 17.2 Å². The topological polar surface area (TPSA) is 56.0 Å². The van der Waals surface area contributed by atoms with E-state index in [1.54, 1.807) is 0 Å². The second-order valence-electron chi connectivity index (χ2n) is 5.86. The molecular formula is C13H20N2O2. The quantitative estimate of drug-likeness (QED) is 0.809. The zero-order valence-electron chi connectivity index (χ0n) is 10.8. The Kier molecular flexibility index (Phi) is 3.31. The molecule has 1 fully saturated rings. The molecule has 1 aliphatic carbocycles. The molecule has 0 aromatic carbocycles. The lowest BCUT2D eigenvalue weighted by molar-refractivity contribution is -0.116. The van der Waals surface area contributed by atoms with Gasteiger partial charge in [0.05, 0.1) is 6.42 Å². The number of rotatable bonds is 3. The van der Waals surface area contributed by atoms with Gasteiger partial charge in [-0.15, -0.1) is 0 Å². The SMILES string of the molecule is CC(=O)Cc1nc(C2CCC(C)(C)CC2)no1. The Morgan fingerprint density at radius 3 is 2.65 bits per heavy atom. The third kappa shape index (κ3) is 3.14. The molecule has 0 aliphatic heterocycles. The van der Waals surface area contributed by atoms with Crippen LogP contribution in [0.15, 0.2) is 4.52 Å². The van der Waals surface area contributed by atoms with Gasteiger partial charge in [-0.2, -0.15) is 4.98 Å². The fourth-order valence-electron chi connectivity index (χ4n) is 2.38. The van der Waals surface area contributed by atoms with Gasteiger partial charge in [0.15, 0.2) is 5.82 Å². The van der Waals surface area contributed by atoms with E-state index in [2.05, 4.69) is 24.0 Å². The monoisotopic (exact) mass is 236 g/mol. The number of aromatic nitrogens is 2. The highest BCUT2D eigenvalue weighted by molar-refractivity contribution is 5.77. The van der Waals surface area contributed by atoms with E-state index in [0.717, 1.165) is 18.7 Å². The third-order valence-corrected chi connectivity index (χ3v) is 3.59. The van der Waals surface area contributed by atoms with Gasteiger partial charge in [0, 0.05) is 5.92 Å². The summed E-state index contributed by atoms with van der Waals surface area (Å²) < 4.78 is 5.10. The highest BCUT2D eigenvalue weighted by Gasteiger charge is 2.30. The first kappa shape index (κ1) is 12.3. The molecule has 0 amide bonds. The number of nitrogens with zero attached hydrogens (tertiary/aromatic N) is 2. The molecule has 0 radical (unpaired) electrons. The lowest BCUT2D eigenvalue weighted by Crippen LogP contribution is -2.20. The number of Topliss-reactive ketones (excluding diaryl/α,β-unsaturated/α-hetero) is 1. The minimum absolute atomic E-state index is 0.0602. The number of hydrogen-bond donors (Lipinski definition) is 0. The van der Waals surface area contributed by atoms with E-state index in [9.17, 15) is 4.79 Å². The first-order chi connectivity index (χ1) is 7.96. The van der Waals surface area contributed by atoms with Gasteiger partial charge in [-0.25, -0.2) is 0 Å². The van der Waals surface area contributed by atoms with Crippen LogP contribution in [0.1, 0.15) is 64.1 Å². The number of hydrogen-bond acceptors (Lipinski definition) is 4. The lowest BCUT2D eigenvalue weighted by atomic mass is 9.73. The number of carbonyl (C=O) groups is 1. The number of carbonyl (C=O) groups excluding carboxylic acids is 1. The summed E-state index contributed by atoms with van der Waals surface area (Å²) >= 11 is 0. The van der Waals surface area contributed by atoms with Crippen molar-refractivity contribution in [1.29, 1.82) is 0 Å². The van der Waals surface area contributed by atoms with Gasteiger partial charge in [0.1, 0.15) is 5.78 Å². The Bertz CT molecular complexity index is 399. The maximum Gasteiger partial charge on any atom is 0.234 e. The first-order valence-electron chi connectivity index (χ1n) is 6.28. The Labute approximate surface area is 102 Å². The van der Waals surface area contributed by atoms with Crippen molar-refractivity contribution in [3.63, 3.8) is 0 Å². The van der Waals surface area contributed by atoms with E-state index in [1.807, 2.05) is 0 Å². The standard InChI is InChI=1S/C13H20N2O2/c1-9(16)8-11-14-12(15-17-11)10-4-6-13(2,3)7-5-10/h10H,4-8H2,1-3H3. The molecular weight excluding hydrogens is 216 g/mol. The third-order valence-electron chi connectivity index (χ3n) is 3.59. The predicted octanol–water partition coefficient (Wildman–Crippen LogP) is 2.88. The molecule has 1 aromatic heterocycles.